The lowest BCUT2D eigenvalue weighted by Gasteiger charge is -2.07. The van der Waals surface area contributed by atoms with Gasteiger partial charge in [-0.05, 0) is 35.9 Å². The summed E-state index contributed by atoms with van der Waals surface area (Å²) in [6.45, 7) is 0.503. The van der Waals surface area contributed by atoms with Crippen LogP contribution in [0.5, 0.6) is 17.6 Å². The number of ether oxygens (including phenoxy) is 1. The molecule has 0 saturated carbocycles. The summed E-state index contributed by atoms with van der Waals surface area (Å²) in [7, 11) is 0. The molecule has 0 aliphatic carbocycles. The van der Waals surface area contributed by atoms with Crippen molar-refractivity contribution in [2.24, 2.45) is 0 Å². The van der Waals surface area contributed by atoms with E-state index < -0.39 is 0 Å². The highest BCUT2D eigenvalue weighted by Gasteiger charge is 2.10. The first-order valence-electron chi connectivity index (χ1n) is 8.84. The molecular weight excluding hydrogens is 373 g/mol. The molecule has 5 rings (SSSR count). The number of rotatable bonds is 4. The number of nitrogens with zero attached hydrogens (tertiary/aromatic N) is 5. The van der Waals surface area contributed by atoms with Crippen LogP contribution < -0.4 is 4.74 Å². The van der Waals surface area contributed by atoms with Crippen LogP contribution in [0.3, 0.4) is 0 Å². The van der Waals surface area contributed by atoms with E-state index in [4.69, 9.17) is 4.74 Å². The predicted octanol–water partition coefficient (Wildman–Crippen LogP) is 4.06. The monoisotopic (exact) mass is 387 g/mol. The first kappa shape index (κ1) is 17.1. The predicted molar refractivity (Wildman–Crippen MR) is 104 cm³/mol. The second-order valence-electron chi connectivity index (χ2n) is 6.48. The summed E-state index contributed by atoms with van der Waals surface area (Å²) < 4.78 is 21.1. The molecule has 0 aliphatic rings. The molecule has 3 heterocycles. The summed E-state index contributed by atoms with van der Waals surface area (Å²) in [5.74, 6) is 0.0421. The highest BCUT2D eigenvalue weighted by molar-refractivity contribution is 5.82. The molecule has 142 valence electrons. The Labute approximate surface area is 164 Å². The number of aromatic hydroxyl groups is 1. The lowest BCUT2D eigenvalue weighted by atomic mass is 10.2. The zero-order valence-electron chi connectivity index (χ0n) is 15.0. The minimum atomic E-state index is -0.267. The van der Waals surface area contributed by atoms with Gasteiger partial charge in [0, 0.05) is 18.8 Å². The Kier molecular flexibility index (Phi) is 4.02. The van der Waals surface area contributed by atoms with Crippen LogP contribution >= 0.6 is 0 Å². The van der Waals surface area contributed by atoms with Gasteiger partial charge in [0.05, 0.1) is 34.5 Å². The molecule has 0 radical (unpaired) electrons. The Bertz CT molecular complexity index is 1350. The normalized spacial score (nSPS) is 11.2. The Hall–Kier alpha value is -4.07. The van der Waals surface area contributed by atoms with Crippen molar-refractivity contribution < 1.29 is 14.2 Å². The van der Waals surface area contributed by atoms with Crippen molar-refractivity contribution in [2.45, 2.75) is 6.54 Å². The largest absolute Gasteiger partial charge is 0.493 e. The van der Waals surface area contributed by atoms with Crippen molar-refractivity contribution in [3.63, 3.8) is 0 Å². The Morgan fingerprint density at radius 3 is 2.86 bits per heavy atom. The number of halogens is 1. The van der Waals surface area contributed by atoms with Crippen molar-refractivity contribution in [2.75, 3.05) is 0 Å². The number of fused-ring (bicyclic) bond motifs is 2. The lowest BCUT2D eigenvalue weighted by Crippen LogP contribution is -1.98. The number of pyridine rings is 1. The van der Waals surface area contributed by atoms with E-state index in [1.807, 2.05) is 16.7 Å². The number of imidazole rings is 1. The molecule has 29 heavy (non-hydrogen) atoms. The van der Waals surface area contributed by atoms with E-state index in [-0.39, 0.29) is 17.7 Å². The quantitative estimate of drug-likeness (QED) is 0.501. The van der Waals surface area contributed by atoms with Gasteiger partial charge in [0.1, 0.15) is 11.6 Å². The van der Waals surface area contributed by atoms with Gasteiger partial charge in [-0.2, -0.15) is 9.97 Å². The SMILES string of the molecule is Oc1nc(Oc2ccc3c(c2)ncn3Cc2cccc(F)c2)nc2cnccc12. The molecule has 0 atom stereocenters. The Balaban J connectivity index is 1.44. The number of hydrogen-bond donors (Lipinski definition) is 1. The van der Waals surface area contributed by atoms with Gasteiger partial charge in [-0.3, -0.25) is 4.98 Å². The van der Waals surface area contributed by atoms with Crippen LogP contribution in [0, 0.1) is 5.82 Å². The van der Waals surface area contributed by atoms with Crippen LogP contribution in [0.2, 0.25) is 0 Å². The second kappa shape index (κ2) is 6.83. The third-order valence-corrected chi connectivity index (χ3v) is 4.50. The van der Waals surface area contributed by atoms with E-state index in [1.165, 1.54) is 18.3 Å². The smallest absolute Gasteiger partial charge is 0.325 e. The van der Waals surface area contributed by atoms with Crippen LogP contribution in [0.15, 0.2) is 67.3 Å². The molecule has 2 aromatic carbocycles. The van der Waals surface area contributed by atoms with Crippen LogP contribution in [-0.4, -0.2) is 29.6 Å². The van der Waals surface area contributed by atoms with Crippen LogP contribution in [0.25, 0.3) is 21.9 Å². The summed E-state index contributed by atoms with van der Waals surface area (Å²) in [5.41, 5.74) is 2.92. The molecule has 0 saturated heterocycles. The van der Waals surface area contributed by atoms with E-state index in [9.17, 15) is 9.50 Å². The third kappa shape index (κ3) is 3.31. The zero-order chi connectivity index (χ0) is 19.8. The van der Waals surface area contributed by atoms with E-state index in [1.54, 1.807) is 36.8 Å². The topological polar surface area (TPSA) is 86.0 Å². The average Bonchev–Trinajstić information content (AvgIpc) is 3.10. The third-order valence-electron chi connectivity index (χ3n) is 4.50. The number of aromatic nitrogens is 5. The van der Waals surface area contributed by atoms with Crippen LogP contribution in [0.4, 0.5) is 4.39 Å². The average molecular weight is 387 g/mol. The number of hydrogen-bond acceptors (Lipinski definition) is 6. The maximum Gasteiger partial charge on any atom is 0.325 e. The first-order valence-corrected chi connectivity index (χ1v) is 8.84. The maximum atomic E-state index is 13.4. The molecule has 0 fully saturated rings. The van der Waals surface area contributed by atoms with Gasteiger partial charge in [0.25, 0.3) is 0 Å². The minimum Gasteiger partial charge on any atom is -0.493 e. The summed E-state index contributed by atoms with van der Waals surface area (Å²) in [6, 6.07) is 13.5. The fourth-order valence-electron chi connectivity index (χ4n) is 3.16. The number of benzene rings is 2. The molecule has 5 aromatic rings. The molecule has 0 spiro atoms. The molecular formula is C21H14FN5O2. The molecule has 7 nitrogen and oxygen atoms in total. The van der Waals surface area contributed by atoms with Gasteiger partial charge in [-0.15, -0.1) is 0 Å². The summed E-state index contributed by atoms with van der Waals surface area (Å²) in [4.78, 5) is 16.6. The Morgan fingerprint density at radius 1 is 1.03 bits per heavy atom. The van der Waals surface area contributed by atoms with Crippen molar-refractivity contribution in [3.05, 3.63) is 78.6 Å². The highest BCUT2D eigenvalue weighted by Crippen LogP contribution is 2.27. The maximum absolute atomic E-state index is 13.4. The van der Waals surface area contributed by atoms with Crippen molar-refractivity contribution in [1.29, 1.82) is 0 Å². The second-order valence-corrected chi connectivity index (χ2v) is 6.48. The molecule has 0 bridgehead atoms. The lowest BCUT2D eigenvalue weighted by molar-refractivity contribution is 0.412. The zero-order valence-corrected chi connectivity index (χ0v) is 15.0. The fourth-order valence-corrected chi connectivity index (χ4v) is 3.16. The van der Waals surface area contributed by atoms with Crippen molar-refractivity contribution in [3.8, 4) is 17.6 Å². The molecule has 3 aromatic heterocycles. The summed E-state index contributed by atoms with van der Waals surface area (Å²) in [6.07, 6.45) is 4.78. The van der Waals surface area contributed by atoms with Crippen molar-refractivity contribution in [1.82, 2.24) is 24.5 Å². The minimum absolute atomic E-state index is 0.0153. The molecule has 0 aliphatic heterocycles. The van der Waals surface area contributed by atoms with Crippen LogP contribution in [-0.2, 0) is 6.54 Å². The molecule has 8 heteroatoms. The van der Waals surface area contributed by atoms with Gasteiger partial charge < -0.3 is 14.4 Å². The fraction of sp³-hybridized carbons (Fsp3) is 0.0476. The van der Waals surface area contributed by atoms with Crippen molar-refractivity contribution >= 4 is 21.9 Å². The molecule has 0 unspecified atom stereocenters. The van der Waals surface area contributed by atoms with E-state index in [2.05, 4.69) is 19.9 Å². The summed E-state index contributed by atoms with van der Waals surface area (Å²) >= 11 is 0. The van der Waals surface area contributed by atoms with Gasteiger partial charge in [-0.25, -0.2) is 9.37 Å². The highest BCUT2D eigenvalue weighted by atomic mass is 19.1. The van der Waals surface area contributed by atoms with Crippen LogP contribution in [0.1, 0.15) is 5.56 Å². The molecule has 1 N–H and O–H groups in total. The van der Waals surface area contributed by atoms with Gasteiger partial charge in [-0.1, -0.05) is 12.1 Å². The Morgan fingerprint density at radius 2 is 1.97 bits per heavy atom. The standard InChI is InChI=1S/C21H14FN5O2/c22-14-3-1-2-13(8-14)11-27-12-24-17-9-15(4-5-19(17)27)29-21-25-18-10-23-7-6-16(18)20(28)26-21/h1-10,12H,11H2,(H,25,26,28). The molecule has 0 amide bonds. The first-order chi connectivity index (χ1) is 14.2. The van der Waals surface area contributed by atoms with Gasteiger partial charge in [0.2, 0.25) is 5.88 Å². The van der Waals surface area contributed by atoms with E-state index in [0.717, 1.165) is 11.1 Å². The summed E-state index contributed by atoms with van der Waals surface area (Å²) in [5, 5.41) is 10.6. The van der Waals surface area contributed by atoms with E-state index in [0.29, 0.717) is 28.7 Å². The van der Waals surface area contributed by atoms with E-state index >= 15 is 0 Å². The van der Waals surface area contributed by atoms with Gasteiger partial charge in [0.15, 0.2) is 0 Å². The van der Waals surface area contributed by atoms with Gasteiger partial charge >= 0.3 is 6.01 Å².